The number of hydrogen-bond donors (Lipinski definition) is 1. The van der Waals surface area contributed by atoms with E-state index in [0.717, 1.165) is 37.8 Å². The van der Waals surface area contributed by atoms with Gasteiger partial charge in [0.1, 0.15) is 0 Å². The average molecular weight is 320 g/mol. The van der Waals surface area contributed by atoms with Gasteiger partial charge in [-0.15, -0.1) is 11.6 Å². The molecule has 1 amide bonds. The second kappa shape index (κ2) is 6.69. The van der Waals surface area contributed by atoms with E-state index in [4.69, 9.17) is 11.6 Å². The molecule has 2 unspecified atom stereocenters. The van der Waals surface area contributed by atoms with Crippen molar-refractivity contribution in [1.29, 1.82) is 0 Å². The van der Waals surface area contributed by atoms with Crippen LogP contribution in [0.5, 0.6) is 0 Å². The van der Waals surface area contributed by atoms with Crippen LogP contribution in [0, 0.1) is 5.92 Å². The van der Waals surface area contributed by atoms with Crippen LogP contribution in [-0.2, 0) is 6.18 Å². The first-order valence-electron chi connectivity index (χ1n) is 6.97. The molecule has 1 N–H and O–H groups in total. The minimum absolute atomic E-state index is 0.0201. The number of alkyl halides is 4. The Hall–Kier alpha value is -1.23. The third kappa shape index (κ3) is 4.37. The Labute approximate surface area is 126 Å². The zero-order valence-corrected chi connectivity index (χ0v) is 12.2. The monoisotopic (exact) mass is 319 g/mol. The SMILES string of the molecule is O=C(NCC1CCCCC1Cl)c1cccc(C(F)(F)F)c1. The first-order chi connectivity index (χ1) is 9.88. The molecule has 6 heteroatoms. The number of carbonyl (C=O) groups is 1. The average Bonchev–Trinajstić information content (AvgIpc) is 2.45. The van der Waals surface area contributed by atoms with Gasteiger partial charge < -0.3 is 5.32 Å². The Kier molecular flexibility index (Phi) is 5.14. The smallest absolute Gasteiger partial charge is 0.352 e. The van der Waals surface area contributed by atoms with Gasteiger partial charge in [0, 0.05) is 17.5 Å². The van der Waals surface area contributed by atoms with Gasteiger partial charge in [0.25, 0.3) is 5.91 Å². The molecule has 2 nitrogen and oxygen atoms in total. The molecule has 2 rings (SSSR count). The van der Waals surface area contributed by atoms with Crippen molar-refractivity contribution >= 4 is 17.5 Å². The van der Waals surface area contributed by atoms with Crippen molar-refractivity contribution < 1.29 is 18.0 Å². The molecule has 1 aliphatic carbocycles. The lowest BCUT2D eigenvalue weighted by Gasteiger charge is -2.27. The number of nitrogens with one attached hydrogen (secondary N) is 1. The molecule has 1 aromatic rings. The molecule has 0 spiro atoms. The van der Waals surface area contributed by atoms with Gasteiger partial charge in [0.05, 0.1) is 5.56 Å². The molecule has 1 aromatic carbocycles. The summed E-state index contributed by atoms with van der Waals surface area (Å²) in [6.07, 6.45) is -0.414. The summed E-state index contributed by atoms with van der Waals surface area (Å²) in [5.74, 6) is -0.300. The molecule has 1 fully saturated rings. The second-order valence-corrected chi connectivity index (χ2v) is 5.91. The number of hydrogen-bond acceptors (Lipinski definition) is 1. The van der Waals surface area contributed by atoms with E-state index in [9.17, 15) is 18.0 Å². The zero-order chi connectivity index (χ0) is 15.5. The van der Waals surface area contributed by atoms with E-state index in [2.05, 4.69) is 5.32 Å². The van der Waals surface area contributed by atoms with E-state index < -0.39 is 17.6 Å². The fraction of sp³-hybridized carbons (Fsp3) is 0.533. The van der Waals surface area contributed by atoms with Crippen LogP contribution in [0.4, 0.5) is 13.2 Å². The molecule has 2 atom stereocenters. The Morgan fingerprint density at radius 3 is 2.67 bits per heavy atom. The Balaban J connectivity index is 1.97. The topological polar surface area (TPSA) is 29.1 Å². The van der Waals surface area contributed by atoms with Gasteiger partial charge >= 0.3 is 6.18 Å². The molecule has 0 bridgehead atoms. The number of benzene rings is 1. The predicted molar refractivity (Wildman–Crippen MR) is 75.4 cm³/mol. The number of rotatable bonds is 3. The minimum atomic E-state index is -4.44. The molecule has 0 aliphatic heterocycles. The third-order valence-electron chi connectivity index (χ3n) is 3.79. The van der Waals surface area contributed by atoms with E-state index in [1.807, 2.05) is 0 Å². The van der Waals surface area contributed by atoms with Crippen LogP contribution < -0.4 is 5.32 Å². The summed E-state index contributed by atoms with van der Waals surface area (Å²) < 4.78 is 37.8. The Morgan fingerprint density at radius 2 is 2.00 bits per heavy atom. The van der Waals surface area contributed by atoms with Crippen molar-refractivity contribution in [3.8, 4) is 0 Å². The van der Waals surface area contributed by atoms with Gasteiger partial charge in [0.2, 0.25) is 0 Å². The standard InChI is InChI=1S/C15H17ClF3NO/c16-13-7-2-1-4-11(13)9-20-14(21)10-5-3-6-12(8-10)15(17,18)19/h3,5-6,8,11,13H,1-2,4,7,9H2,(H,20,21). The van der Waals surface area contributed by atoms with Gasteiger partial charge in [0.15, 0.2) is 0 Å². The summed E-state index contributed by atoms with van der Waals surface area (Å²) in [6, 6.07) is 4.44. The molecule has 116 valence electrons. The summed E-state index contributed by atoms with van der Waals surface area (Å²) in [5.41, 5.74) is -0.796. The second-order valence-electron chi connectivity index (χ2n) is 5.35. The molecule has 1 saturated carbocycles. The third-order valence-corrected chi connectivity index (χ3v) is 4.37. The normalized spacial score (nSPS) is 22.9. The number of carbonyl (C=O) groups excluding carboxylic acids is 1. The van der Waals surface area contributed by atoms with Crippen molar-refractivity contribution in [3.05, 3.63) is 35.4 Å². The van der Waals surface area contributed by atoms with Crippen molar-refractivity contribution in [2.24, 2.45) is 5.92 Å². The van der Waals surface area contributed by atoms with Crippen molar-refractivity contribution in [2.45, 2.75) is 37.2 Å². The first-order valence-corrected chi connectivity index (χ1v) is 7.41. The van der Waals surface area contributed by atoms with E-state index in [1.54, 1.807) is 0 Å². The lowest BCUT2D eigenvalue weighted by molar-refractivity contribution is -0.137. The quantitative estimate of drug-likeness (QED) is 0.830. The van der Waals surface area contributed by atoms with Gasteiger partial charge in [-0.05, 0) is 37.0 Å². The van der Waals surface area contributed by atoms with Gasteiger partial charge in [-0.3, -0.25) is 4.79 Å². The fourth-order valence-electron chi connectivity index (χ4n) is 2.55. The van der Waals surface area contributed by atoms with Crippen LogP contribution in [0.3, 0.4) is 0 Å². The maximum absolute atomic E-state index is 12.6. The van der Waals surface area contributed by atoms with Crippen LogP contribution in [-0.4, -0.2) is 17.8 Å². The lowest BCUT2D eigenvalue weighted by Crippen LogP contribution is -2.34. The van der Waals surface area contributed by atoms with Crippen LogP contribution in [0.15, 0.2) is 24.3 Å². The maximum atomic E-state index is 12.6. The first kappa shape index (κ1) is 16.1. The highest BCUT2D eigenvalue weighted by Gasteiger charge is 2.31. The van der Waals surface area contributed by atoms with Crippen molar-refractivity contribution in [2.75, 3.05) is 6.54 Å². The summed E-state index contributed by atoms with van der Waals surface area (Å²) in [4.78, 5) is 12.0. The molecule has 1 aliphatic rings. The molecule has 0 heterocycles. The zero-order valence-electron chi connectivity index (χ0n) is 11.4. The summed E-state index contributed by atoms with van der Waals surface area (Å²) in [5, 5.41) is 2.72. The Bertz CT molecular complexity index is 504. The van der Waals surface area contributed by atoms with Crippen LogP contribution in [0.1, 0.15) is 41.6 Å². The molecular formula is C15H17ClF3NO. The van der Waals surface area contributed by atoms with E-state index in [0.29, 0.717) is 6.54 Å². The molecular weight excluding hydrogens is 303 g/mol. The van der Waals surface area contributed by atoms with E-state index in [1.165, 1.54) is 12.1 Å². The maximum Gasteiger partial charge on any atom is 0.416 e. The van der Waals surface area contributed by atoms with E-state index in [-0.39, 0.29) is 16.9 Å². The predicted octanol–water partition coefficient (Wildman–Crippen LogP) is 4.23. The van der Waals surface area contributed by atoms with Gasteiger partial charge in [-0.2, -0.15) is 13.2 Å². The minimum Gasteiger partial charge on any atom is -0.352 e. The molecule has 21 heavy (non-hydrogen) atoms. The van der Waals surface area contributed by atoms with Crippen molar-refractivity contribution in [1.82, 2.24) is 5.32 Å². The highest BCUT2D eigenvalue weighted by atomic mass is 35.5. The number of halogens is 4. The highest BCUT2D eigenvalue weighted by molar-refractivity contribution is 6.20. The summed E-state index contributed by atoms with van der Waals surface area (Å²) in [7, 11) is 0. The largest absolute Gasteiger partial charge is 0.416 e. The van der Waals surface area contributed by atoms with Crippen LogP contribution in [0.2, 0.25) is 0 Å². The van der Waals surface area contributed by atoms with Crippen LogP contribution >= 0.6 is 11.6 Å². The Morgan fingerprint density at radius 1 is 1.29 bits per heavy atom. The lowest BCUT2D eigenvalue weighted by atomic mass is 9.88. The van der Waals surface area contributed by atoms with Crippen molar-refractivity contribution in [3.63, 3.8) is 0 Å². The molecule has 0 radical (unpaired) electrons. The fourth-order valence-corrected chi connectivity index (χ4v) is 2.92. The van der Waals surface area contributed by atoms with Gasteiger partial charge in [-0.1, -0.05) is 18.9 Å². The summed E-state index contributed by atoms with van der Waals surface area (Å²) >= 11 is 6.20. The summed E-state index contributed by atoms with van der Waals surface area (Å²) in [6.45, 7) is 0.406. The molecule has 0 aromatic heterocycles. The van der Waals surface area contributed by atoms with Crippen LogP contribution in [0.25, 0.3) is 0 Å². The number of amides is 1. The highest BCUT2D eigenvalue weighted by Crippen LogP contribution is 2.30. The van der Waals surface area contributed by atoms with E-state index >= 15 is 0 Å². The van der Waals surface area contributed by atoms with Gasteiger partial charge in [-0.25, -0.2) is 0 Å². The molecule has 0 saturated heterocycles.